The average Bonchev–Trinajstić information content (AvgIpc) is 2.82. The number of hydrogen-bond acceptors (Lipinski definition) is 6. The minimum atomic E-state index is -1.08. The second kappa shape index (κ2) is 5.74. The predicted octanol–water partition coefficient (Wildman–Crippen LogP) is 1.12. The molecule has 0 atom stereocenters. The lowest BCUT2D eigenvalue weighted by Gasteiger charge is -2.01. The third kappa shape index (κ3) is 3.48. The molecule has 8 heteroatoms. The van der Waals surface area contributed by atoms with E-state index in [1.165, 1.54) is 24.5 Å². The lowest BCUT2D eigenvalue weighted by atomic mass is 10.2. The Hall–Kier alpha value is -3.03. The van der Waals surface area contributed by atoms with Gasteiger partial charge < -0.3 is 9.52 Å². The summed E-state index contributed by atoms with van der Waals surface area (Å²) >= 11 is 0. The van der Waals surface area contributed by atoms with Crippen molar-refractivity contribution >= 4 is 24.0 Å². The van der Waals surface area contributed by atoms with Crippen LogP contribution in [0, 0.1) is 6.92 Å². The van der Waals surface area contributed by atoms with Crippen LogP contribution < -0.4 is 5.32 Å². The van der Waals surface area contributed by atoms with E-state index < -0.39 is 11.9 Å². The summed E-state index contributed by atoms with van der Waals surface area (Å²) in [6, 6.07) is 1.48. The van der Waals surface area contributed by atoms with Crippen molar-refractivity contribution < 1.29 is 19.1 Å². The Balaban J connectivity index is 2.14. The second-order valence-electron chi connectivity index (χ2n) is 3.76. The lowest BCUT2D eigenvalue weighted by molar-refractivity contribution is -0.131. The highest BCUT2D eigenvalue weighted by Gasteiger charge is 2.10. The smallest absolute Gasteiger partial charge is 0.328 e. The molecule has 0 saturated heterocycles. The van der Waals surface area contributed by atoms with Gasteiger partial charge in [0.05, 0.1) is 5.56 Å². The molecule has 0 radical (unpaired) electrons. The first-order chi connectivity index (χ1) is 9.54. The van der Waals surface area contributed by atoms with E-state index in [2.05, 4.69) is 20.5 Å². The largest absolute Gasteiger partial charge is 0.478 e. The van der Waals surface area contributed by atoms with E-state index in [-0.39, 0.29) is 11.6 Å². The summed E-state index contributed by atoms with van der Waals surface area (Å²) in [5.74, 6) is -1.23. The van der Waals surface area contributed by atoms with Crippen molar-refractivity contribution in [1.29, 1.82) is 0 Å². The van der Waals surface area contributed by atoms with Crippen LogP contribution in [0.25, 0.3) is 6.08 Å². The Bertz CT molecular complexity index is 678. The third-order valence-electron chi connectivity index (χ3n) is 2.19. The maximum Gasteiger partial charge on any atom is 0.328 e. The molecule has 0 spiro atoms. The third-order valence-corrected chi connectivity index (χ3v) is 2.19. The number of rotatable bonds is 4. The van der Waals surface area contributed by atoms with Crippen LogP contribution in [-0.2, 0) is 4.79 Å². The van der Waals surface area contributed by atoms with Gasteiger partial charge in [0.2, 0.25) is 5.89 Å². The molecule has 1 amide bonds. The highest BCUT2D eigenvalue weighted by atomic mass is 16.4. The van der Waals surface area contributed by atoms with Crippen LogP contribution in [0.2, 0.25) is 0 Å². The fraction of sp³-hybridized carbons (Fsp3) is 0.0833. The number of nitrogens with zero attached hydrogens (tertiary/aromatic N) is 3. The number of amides is 1. The van der Waals surface area contributed by atoms with E-state index in [0.717, 1.165) is 6.08 Å². The van der Waals surface area contributed by atoms with Crippen LogP contribution in [0.5, 0.6) is 0 Å². The monoisotopic (exact) mass is 274 g/mol. The van der Waals surface area contributed by atoms with Gasteiger partial charge in [0.1, 0.15) is 0 Å². The molecule has 0 unspecified atom stereocenters. The predicted molar refractivity (Wildman–Crippen MR) is 67.9 cm³/mol. The number of nitrogens with one attached hydrogen (secondary N) is 1. The zero-order valence-corrected chi connectivity index (χ0v) is 10.4. The van der Waals surface area contributed by atoms with E-state index >= 15 is 0 Å². The van der Waals surface area contributed by atoms with Gasteiger partial charge in [0, 0.05) is 25.4 Å². The zero-order chi connectivity index (χ0) is 14.5. The number of anilines is 1. The molecule has 2 N–H and O–H groups in total. The minimum Gasteiger partial charge on any atom is -0.478 e. The summed E-state index contributed by atoms with van der Waals surface area (Å²) in [6.45, 7) is 1.60. The molecule has 0 aliphatic carbocycles. The van der Waals surface area contributed by atoms with E-state index in [0.29, 0.717) is 11.5 Å². The summed E-state index contributed by atoms with van der Waals surface area (Å²) in [6.07, 6.45) is 5.08. The molecule has 8 nitrogen and oxygen atoms in total. The summed E-state index contributed by atoms with van der Waals surface area (Å²) in [4.78, 5) is 26.2. The Morgan fingerprint density at radius 3 is 2.80 bits per heavy atom. The molecule has 0 aliphatic heterocycles. The van der Waals surface area contributed by atoms with Gasteiger partial charge in [-0.1, -0.05) is 5.10 Å². The molecule has 2 aromatic rings. The summed E-state index contributed by atoms with van der Waals surface area (Å²) in [7, 11) is 0. The number of aromatic nitrogens is 3. The van der Waals surface area contributed by atoms with Crippen molar-refractivity contribution in [2.45, 2.75) is 6.92 Å². The fourth-order valence-corrected chi connectivity index (χ4v) is 1.36. The first-order valence-corrected chi connectivity index (χ1v) is 5.52. The van der Waals surface area contributed by atoms with E-state index in [4.69, 9.17) is 9.52 Å². The van der Waals surface area contributed by atoms with Gasteiger partial charge in [0.25, 0.3) is 5.91 Å². The average molecular weight is 274 g/mol. The molecule has 0 aromatic carbocycles. The van der Waals surface area contributed by atoms with Crippen LogP contribution >= 0.6 is 0 Å². The molecule has 0 fully saturated rings. The number of carboxylic acids is 1. The van der Waals surface area contributed by atoms with Crippen LogP contribution in [-0.4, -0.2) is 32.2 Å². The first kappa shape index (κ1) is 13.4. The van der Waals surface area contributed by atoms with Crippen molar-refractivity contribution in [3.05, 3.63) is 41.6 Å². The number of aliphatic carboxylic acids is 1. The van der Waals surface area contributed by atoms with Gasteiger partial charge in [-0.2, -0.15) is 0 Å². The molecular weight excluding hydrogens is 264 g/mol. The number of pyridine rings is 1. The summed E-state index contributed by atoms with van der Waals surface area (Å²) in [5.41, 5.74) is 0.732. The van der Waals surface area contributed by atoms with Gasteiger partial charge in [-0.25, -0.2) is 4.79 Å². The van der Waals surface area contributed by atoms with E-state index in [9.17, 15) is 9.59 Å². The van der Waals surface area contributed by atoms with Crippen LogP contribution in [0.15, 0.2) is 29.0 Å². The van der Waals surface area contributed by atoms with Crippen molar-refractivity contribution in [2.75, 3.05) is 5.32 Å². The minimum absolute atomic E-state index is 0.0148. The van der Waals surface area contributed by atoms with Crippen molar-refractivity contribution in [3.8, 4) is 0 Å². The number of carboxylic acid groups (broad SMARTS) is 1. The van der Waals surface area contributed by atoms with Crippen molar-refractivity contribution in [3.63, 3.8) is 0 Å². The van der Waals surface area contributed by atoms with E-state index in [1.807, 2.05) is 0 Å². The highest BCUT2D eigenvalue weighted by Crippen LogP contribution is 2.09. The number of carbonyl (C=O) groups is 2. The van der Waals surface area contributed by atoms with Crippen LogP contribution in [0.4, 0.5) is 6.01 Å². The molecular formula is C12H10N4O4. The molecule has 20 heavy (non-hydrogen) atoms. The number of aryl methyl sites for hydroxylation is 1. The molecule has 102 valence electrons. The van der Waals surface area contributed by atoms with Gasteiger partial charge in [-0.05, 0) is 17.7 Å². The summed E-state index contributed by atoms with van der Waals surface area (Å²) in [5, 5.41) is 18.2. The number of hydrogen-bond donors (Lipinski definition) is 2. The van der Waals surface area contributed by atoms with Gasteiger partial charge in [-0.3, -0.25) is 15.1 Å². The van der Waals surface area contributed by atoms with Gasteiger partial charge in [0.15, 0.2) is 0 Å². The number of carbonyl (C=O) groups excluding carboxylic acids is 1. The Morgan fingerprint density at radius 1 is 1.35 bits per heavy atom. The van der Waals surface area contributed by atoms with Crippen LogP contribution in [0.3, 0.4) is 0 Å². The summed E-state index contributed by atoms with van der Waals surface area (Å²) < 4.78 is 5.02. The topological polar surface area (TPSA) is 118 Å². The molecule has 0 saturated carbocycles. The van der Waals surface area contributed by atoms with E-state index in [1.54, 1.807) is 6.92 Å². The van der Waals surface area contributed by atoms with Gasteiger partial charge in [-0.15, -0.1) is 5.10 Å². The Labute approximate surface area is 113 Å². The molecule has 0 bridgehead atoms. The quantitative estimate of drug-likeness (QED) is 0.802. The Kier molecular flexibility index (Phi) is 3.85. The Morgan fingerprint density at radius 2 is 2.15 bits per heavy atom. The molecule has 2 heterocycles. The zero-order valence-electron chi connectivity index (χ0n) is 10.4. The standard InChI is InChI=1S/C12H10N4O4/c1-7-15-16-12(20-7)14-11(19)9-4-8(5-13-6-9)2-3-10(17)18/h2-6H,1H3,(H,17,18)(H,14,16,19)/b3-2+. The van der Waals surface area contributed by atoms with Crippen molar-refractivity contribution in [1.82, 2.24) is 15.2 Å². The van der Waals surface area contributed by atoms with Crippen molar-refractivity contribution in [2.24, 2.45) is 0 Å². The first-order valence-electron chi connectivity index (χ1n) is 5.52. The van der Waals surface area contributed by atoms with Crippen LogP contribution in [0.1, 0.15) is 21.8 Å². The maximum atomic E-state index is 11.9. The molecule has 2 rings (SSSR count). The maximum absolute atomic E-state index is 11.9. The second-order valence-corrected chi connectivity index (χ2v) is 3.76. The molecule has 2 aromatic heterocycles. The fourth-order valence-electron chi connectivity index (χ4n) is 1.36. The SMILES string of the molecule is Cc1nnc(NC(=O)c2cncc(/C=C/C(=O)O)c2)o1. The highest BCUT2D eigenvalue weighted by molar-refractivity contribution is 6.03. The van der Waals surface area contributed by atoms with Gasteiger partial charge >= 0.3 is 12.0 Å². The normalized spacial score (nSPS) is 10.7. The molecule has 0 aliphatic rings. The lowest BCUT2D eigenvalue weighted by Crippen LogP contribution is -2.12.